The molecule has 0 radical (unpaired) electrons. The first kappa shape index (κ1) is 18.5. The van der Waals surface area contributed by atoms with Crippen molar-refractivity contribution >= 4 is 0 Å². The number of ether oxygens (including phenoxy) is 1. The average molecular weight is 400 g/mol. The maximum absolute atomic E-state index is 5.40. The summed E-state index contributed by atoms with van der Waals surface area (Å²) in [7, 11) is 1.72. The summed E-state index contributed by atoms with van der Waals surface area (Å²) in [4.78, 5) is 9.13. The molecule has 3 heterocycles. The number of aryl methyl sites for hydroxylation is 2. The molecule has 1 aliphatic carbocycles. The number of rotatable bonds is 5. The lowest BCUT2D eigenvalue weighted by Gasteiger charge is -2.26. The fourth-order valence-corrected chi connectivity index (χ4v) is 4.33. The second-order valence-corrected chi connectivity index (χ2v) is 7.80. The van der Waals surface area contributed by atoms with Crippen molar-refractivity contribution in [1.29, 1.82) is 0 Å². The smallest absolute Gasteiger partial charge is 0.119 e. The van der Waals surface area contributed by atoms with E-state index in [0.29, 0.717) is 5.92 Å². The molecule has 1 unspecified atom stereocenters. The van der Waals surface area contributed by atoms with E-state index in [1.165, 1.54) is 24.0 Å². The molecule has 1 aliphatic rings. The molecule has 0 fully saturated rings. The van der Waals surface area contributed by atoms with Gasteiger partial charge in [-0.15, -0.1) is 0 Å². The van der Waals surface area contributed by atoms with Crippen LogP contribution in [-0.4, -0.2) is 37.1 Å². The quantitative estimate of drug-likeness (QED) is 0.544. The molecular formula is C23H24N6O. The Morgan fingerprint density at radius 2 is 2.07 bits per heavy atom. The van der Waals surface area contributed by atoms with Gasteiger partial charge >= 0.3 is 0 Å². The summed E-state index contributed by atoms with van der Waals surface area (Å²) in [5, 5.41) is 11.0. The van der Waals surface area contributed by atoms with Crippen LogP contribution < -0.4 is 4.74 Å². The van der Waals surface area contributed by atoms with E-state index in [0.717, 1.165) is 47.1 Å². The third-order valence-corrected chi connectivity index (χ3v) is 5.87. The molecule has 4 aromatic rings. The van der Waals surface area contributed by atoms with Gasteiger partial charge in [0, 0.05) is 30.4 Å². The number of imidazole rings is 1. The van der Waals surface area contributed by atoms with E-state index in [4.69, 9.17) is 4.74 Å². The molecular weight excluding hydrogens is 376 g/mol. The van der Waals surface area contributed by atoms with E-state index in [-0.39, 0.29) is 0 Å². The van der Waals surface area contributed by atoms with E-state index in [2.05, 4.69) is 54.3 Å². The predicted molar refractivity (Wildman–Crippen MR) is 114 cm³/mol. The van der Waals surface area contributed by atoms with Crippen molar-refractivity contribution in [3.63, 3.8) is 0 Å². The number of aromatic amines is 1. The molecule has 1 aromatic carbocycles. The van der Waals surface area contributed by atoms with Crippen LogP contribution in [0.5, 0.6) is 5.75 Å². The standard InChI is InChI=1S/C23H24N6O/c1-15-23(27-28-26-15)17-8-9-24-21(11-17)22-13-29(14-25-22)12-18-5-3-4-16-10-19(30-2)6-7-20(16)18/h6-11,13-14,18H,3-5,12H2,1-2H3,(H,26,27,28). The topological polar surface area (TPSA) is 81.5 Å². The highest BCUT2D eigenvalue weighted by atomic mass is 16.5. The number of hydrogen-bond donors (Lipinski definition) is 1. The highest BCUT2D eigenvalue weighted by Crippen LogP contribution is 2.35. The molecule has 0 saturated heterocycles. The Bertz CT molecular complexity index is 1180. The van der Waals surface area contributed by atoms with Crippen LogP contribution in [0.2, 0.25) is 0 Å². The second-order valence-electron chi connectivity index (χ2n) is 7.80. The molecule has 1 atom stereocenters. The molecule has 7 nitrogen and oxygen atoms in total. The van der Waals surface area contributed by atoms with Crippen LogP contribution in [-0.2, 0) is 13.0 Å². The van der Waals surface area contributed by atoms with E-state index >= 15 is 0 Å². The highest BCUT2D eigenvalue weighted by molar-refractivity contribution is 5.67. The van der Waals surface area contributed by atoms with E-state index in [1.54, 1.807) is 13.3 Å². The monoisotopic (exact) mass is 400 g/mol. The van der Waals surface area contributed by atoms with Crippen LogP contribution in [0.3, 0.4) is 0 Å². The first-order chi connectivity index (χ1) is 14.7. The van der Waals surface area contributed by atoms with Crippen LogP contribution in [0, 0.1) is 6.92 Å². The van der Waals surface area contributed by atoms with Gasteiger partial charge in [-0.3, -0.25) is 4.98 Å². The summed E-state index contributed by atoms with van der Waals surface area (Å²) < 4.78 is 7.57. The number of hydrogen-bond acceptors (Lipinski definition) is 5. The van der Waals surface area contributed by atoms with Crippen molar-refractivity contribution in [2.24, 2.45) is 0 Å². The summed E-state index contributed by atoms with van der Waals surface area (Å²) in [6.07, 6.45) is 9.29. The summed E-state index contributed by atoms with van der Waals surface area (Å²) in [5.74, 6) is 1.42. The molecule has 0 saturated carbocycles. The minimum Gasteiger partial charge on any atom is -0.497 e. The molecule has 0 amide bonds. The average Bonchev–Trinajstić information content (AvgIpc) is 3.42. The number of nitrogens with zero attached hydrogens (tertiary/aromatic N) is 5. The van der Waals surface area contributed by atoms with Gasteiger partial charge in [0.1, 0.15) is 17.1 Å². The maximum Gasteiger partial charge on any atom is 0.119 e. The van der Waals surface area contributed by atoms with Crippen molar-refractivity contribution in [3.05, 3.63) is 65.9 Å². The first-order valence-corrected chi connectivity index (χ1v) is 10.2. The van der Waals surface area contributed by atoms with Gasteiger partial charge in [0.15, 0.2) is 0 Å². The Hall–Kier alpha value is -3.48. The fraction of sp³-hybridized carbons (Fsp3) is 0.304. The minimum absolute atomic E-state index is 0.485. The molecule has 7 heteroatoms. The van der Waals surface area contributed by atoms with E-state index in [9.17, 15) is 0 Å². The van der Waals surface area contributed by atoms with Crippen LogP contribution in [0.25, 0.3) is 22.6 Å². The Morgan fingerprint density at radius 3 is 2.90 bits per heavy atom. The molecule has 0 spiro atoms. The lowest BCUT2D eigenvalue weighted by molar-refractivity contribution is 0.412. The zero-order valence-electron chi connectivity index (χ0n) is 17.2. The third kappa shape index (κ3) is 3.47. The van der Waals surface area contributed by atoms with Gasteiger partial charge in [-0.25, -0.2) is 4.98 Å². The van der Waals surface area contributed by atoms with Crippen LogP contribution in [0.15, 0.2) is 49.1 Å². The molecule has 3 aromatic heterocycles. The predicted octanol–water partition coefficient (Wildman–Crippen LogP) is 4.17. The van der Waals surface area contributed by atoms with Crippen molar-refractivity contribution in [3.8, 4) is 28.4 Å². The van der Waals surface area contributed by atoms with Crippen LogP contribution in [0.1, 0.15) is 35.6 Å². The van der Waals surface area contributed by atoms with Crippen molar-refractivity contribution in [2.75, 3.05) is 7.11 Å². The Balaban J connectivity index is 1.38. The minimum atomic E-state index is 0.485. The van der Waals surface area contributed by atoms with Crippen molar-refractivity contribution in [2.45, 2.75) is 38.6 Å². The van der Waals surface area contributed by atoms with E-state index in [1.807, 2.05) is 25.4 Å². The summed E-state index contributed by atoms with van der Waals surface area (Å²) >= 11 is 0. The summed E-state index contributed by atoms with van der Waals surface area (Å²) in [6.45, 7) is 2.85. The second kappa shape index (κ2) is 7.74. The molecule has 30 heavy (non-hydrogen) atoms. The fourth-order valence-electron chi connectivity index (χ4n) is 4.33. The van der Waals surface area contributed by atoms with Gasteiger partial charge < -0.3 is 9.30 Å². The maximum atomic E-state index is 5.40. The number of methoxy groups -OCH3 is 1. The lowest BCUT2D eigenvalue weighted by Crippen LogP contribution is -2.15. The normalized spacial score (nSPS) is 15.7. The zero-order valence-corrected chi connectivity index (χ0v) is 17.2. The van der Waals surface area contributed by atoms with Gasteiger partial charge in [0.25, 0.3) is 0 Å². The number of nitrogens with one attached hydrogen (secondary N) is 1. The largest absolute Gasteiger partial charge is 0.497 e. The number of aromatic nitrogens is 6. The lowest BCUT2D eigenvalue weighted by atomic mass is 9.82. The highest BCUT2D eigenvalue weighted by Gasteiger charge is 2.21. The molecule has 0 bridgehead atoms. The Morgan fingerprint density at radius 1 is 1.13 bits per heavy atom. The number of benzene rings is 1. The SMILES string of the molecule is COc1ccc2c(c1)CCCC2Cn1cnc(-c2cc(-c3n[nH]nc3C)ccn2)c1. The molecule has 5 rings (SSSR count). The van der Waals surface area contributed by atoms with Crippen LogP contribution in [0.4, 0.5) is 0 Å². The van der Waals surface area contributed by atoms with Gasteiger partial charge in [-0.2, -0.15) is 15.4 Å². The Kier molecular flexibility index (Phi) is 4.78. The molecule has 1 N–H and O–H groups in total. The van der Waals surface area contributed by atoms with Crippen molar-refractivity contribution < 1.29 is 4.74 Å². The summed E-state index contributed by atoms with van der Waals surface area (Å²) in [5.41, 5.74) is 7.22. The number of H-pyrrole nitrogens is 1. The third-order valence-electron chi connectivity index (χ3n) is 5.87. The van der Waals surface area contributed by atoms with E-state index < -0.39 is 0 Å². The van der Waals surface area contributed by atoms with Crippen molar-refractivity contribution in [1.82, 2.24) is 29.9 Å². The Labute approximate surface area is 175 Å². The number of pyridine rings is 1. The van der Waals surface area contributed by atoms with Gasteiger partial charge in [0.2, 0.25) is 0 Å². The van der Waals surface area contributed by atoms with Gasteiger partial charge in [-0.05, 0) is 61.6 Å². The van der Waals surface area contributed by atoms with Gasteiger partial charge in [0.05, 0.1) is 24.8 Å². The molecule has 0 aliphatic heterocycles. The molecule has 152 valence electrons. The zero-order chi connectivity index (χ0) is 20.5. The number of fused-ring (bicyclic) bond motifs is 1. The van der Waals surface area contributed by atoms with Gasteiger partial charge in [-0.1, -0.05) is 6.07 Å². The summed E-state index contributed by atoms with van der Waals surface area (Å²) in [6, 6.07) is 10.4. The first-order valence-electron chi connectivity index (χ1n) is 10.2. The van der Waals surface area contributed by atoms with Crippen LogP contribution >= 0.6 is 0 Å².